The Bertz CT molecular complexity index is 557. The van der Waals surface area contributed by atoms with E-state index >= 15 is 0 Å². The highest BCUT2D eigenvalue weighted by Crippen LogP contribution is 2.24. The molecule has 0 unspecified atom stereocenters. The van der Waals surface area contributed by atoms with Crippen LogP contribution in [-0.4, -0.2) is 5.91 Å². The van der Waals surface area contributed by atoms with E-state index < -0.39 is 0 Å². The lowest BCUT2D eigenvalue weighted by atomic mass is 10.1. The van der Waals surface area contributed by atoms with Crippen molar-refractivity contribution < 1.29 is 4.79 Å². The van der Waals surface area contributed by atoms with Gasteiger partial charge in [-0.2, -0.15) is 0 Å². The van der Waals surface area contributed by atoms with Crippen LogP contribution >= 0.6 is 11.6 Å². The van der Waals surface area contributed by atoms with Crippen LogP contribution < -0.4 is 16.6 Å². The maximum absolute atomic E-state index is 11.6. The number of halogens is 1. The maximum atomic E-state index is 11.6. The molecule has 0 aromatic heterocycles. The predicted molar refractivity (Wildman–Crippen MR) is 72.8 cm³/mol. The molecule has 0 aliphatic rings. The molecule has 0 radical (unpaired) electrons. The minimum atomic E-state index is -0.370. The summed E-state index contributed by atoms with van der Waals surface area (Å²) >= 11 is 5.93. The summed E-state index contributed by atoms with van der Waals surface area (Å²) in [6.45, 7) is 0. The van der Waals surface area contributed by atoms with Crippen molar-refractivity contribution in [2.75, 3.05) is 5.32 Å². The Morgan fingerprint density at radius 1 is 1.11 bits per heavy atom. The van der Waals surface area contributed by atoms with Crippen molar-refractivity contribution in [3.8, 4) is 0 Å². The Morgan fingerprint density at radius 2 is 1.83 bits per heavy atom. The predicted octanol–water partition coefficient (Wildman–Crippen LogP) is 2.69. The summed E-state index contributed by atoms with van der Waals surface area (Å²) in [6, 6.07) is 14.4. The molecule has 2 aromatic rings. The number of hydrogen-bond donors (Lipinski definition) is 3. The summed E-state index contributed by atoms with van der Waals surface area (Å²) in [5.74, 6) is 4.77. The molecular formula is C13H12ClN3O. The van der Waals surface area contributed by atoms with Crippen LogP contribution in [0.1, 0.15) is 10.4 Å². The van der Waals surface area contributed by atoms with E-state index in [2.05, 4.69) is 10.7 Å². The number of hydrogen-bond acceptors (Lipinski definition) is 3. The normalized spacial score (nSPS) is 9.89. The fraction of sp³-hybridized carbons (Fsp3) is 0. The fourth-order valence-electron chi connectivity index (χ4n) is 1.57. The van der Waals surface area contributed by atoms with E-state index in [-0.39, 0.29) is 5.91 Å². The number of rotatable bonds is 3. The molecule has 0 bridgehead atoms. The van der Waals surface area contributed by atoms with Crippen LogP contribution in [0.5, 0.6) is 0 Å². The quantitative estimate of drug-likeness (QED) is 0.452. The molecule has 4 N–H and O–H groups in total. The van der Waals surface area contributed by atoms with Crippen LogP contribution in [0.3, 0.4) is 0 Å². The zero-order valence-corrected chi connectivity index (χ0v) is 10.2. The lowest BCUT2D eigenvalue weighted by Gasteiger charge is -2.11. The SMILES string of the molecule is NNC(=O)c1ccc(Cl)cc1Nc1ccccc1. The molecule has 0 heterocycles. The molecule has 2 aromatic carbocycles. The van der Waals surface area contributed by atoms with E-state index in [1.54, 1.807) is 18.2 Å². The van der Waals surface area contributed by atoms with Crippen LogP contribution in [0, 0.1) is 0 Å². The molecule has 92 valence electrons. The third-order valence-corrected chi connectivity index (χ3v) is 2.65. The third kappa shape index (κ3) is 2.80. The van der Waals surface area contributed by atoms with E-state index in [1.165, 1.54) is 0 Å². The van der Waals surface area contributed by atoms with Gasteiger partial charge in [0, 0.05) is 10.7 Å². The lowest BCUT2D eigenvalue weighted by molar-refractivity contribution is 0.0954. The van der Waals surface area contributed by atoms with Gasteiger partial charge in [-0.25, -0.2) is 5.84 Å². The van der Waals surface area contributed by atoms with Crippen LogP contribution in [-0.2, 0) is 0 Å². The first kappa shape index (κ1) is 12.4. The van der Waals surface area contributed by atoms with Crippen molar-refractivity contribution in [1.82, 2.24) is 5.43 Å². The summed E-state index contributed by atoms with van der Waals surface area (Å²) in [7, 11) is 0. The van der Waals surface area contributed by atoms with Gasteiger partial charge in [-0.05, 0) is 30.3 Å². The van der Waals surface area contributed by atoms with E-state index in [9.17, 15) is 4.79 Å². The van der Waals surface area contributed by atoms with Crippen LogP contribution in [0.2, 0.25) is 5.02 Å². The van der Waals surface area contributed by atoms with Gasteiger partial charge in [-0.3, -0.25) is 10.2 Å². The molecule has 18 heavy (non-hydrogen) atoms. The highest BCUT2D eigenvalue weighted by molar-refractivity contribution is 6.31. The van der Waals surface area contributed by atoms with Gasteiger partial charge < -0.3 is 5.32 Å². The Hall–Kier alpha value is -2.04. The van der Waals surface area contributed by atoms with E-state index in [1.807, 2.05) is 30.3 Å². The van der Waals surface area contributed by atoms with Crippen molar-refractivity contribution in [2.45, 2.75) is 0 Å². The topological polar surface area (TPSA) is 67.1 Å². The van der Waals surface area contributed by atoms with Gasteiger partial charge in [0.25, 0.3) is 5.91 Å². The number of hydrazine groups is 1. The van der Waals surface area contributed by atoms with Gasteiger partial charge in [0.15, 0.2) is 0 Å². The Kier molecular flexibility index (Phi) is 3.82. The molecule has 0 atom stereocenters. The molecule has 2 rings (SSSR count). The smallest absolute Gasteiger partial charge is 0.267 e. The van der Waals surface area contributed by atoms with Crippen molar-refractivity contribution in [3.63, 3.8) is 0 Å². The van der Waals surface area contributed by atoms with Gasteiger partial charge >= 0.3 is 0 Å². The largest absolute Gasteiger partial charge is 0.355 e. The highest BCUT2D eigenvalue weighted by Gasteiger charge is 2.10. The molecule has 0 saturated heterocycles. The second-order valence-electron chi connectivity index (χ2n) is 3.65. The summed E-state index contributed by atoms with van der Waals surface area (Å²) in [6.07, 6.45) is 0. The Labute approximate surface area is 110 Å². The number of carbonyl (C=O) groups is 1. The first-order chi connectivity index (χ1) is 8.70. The molecule has 0 aliphatic heterocycles. The number of carbonyl (C=O) groups excluding carboxylic acids is 1. The van der Waals surface area contributed by atoms with Crippen molar-refractivity contribution in [1.29, 1.82) is 0 Å². The summed E-state index contributed by atoms with van der Waals surface area (Å²) < 4.78 is 0. The van der Waals surface area contributed by atoms with E-state index in [4.69, 9.17) is 17.4 Å². The summed E-state index contributed by atoms with van der Waals surface area (Å²) in [5.41, 5.74) is 4.02. The highest BCUT2D eigenvalue weighted by atomic mass is 35.5. The molecule has 0 spiro atoms. The number of nitrogen functional groups attached to an aromatic ring is 1. The second kappa shape index (κ2) is 5.53. The molecule has 4 nitrogen and oxygen atoms in total. The van der Waals surface area contributed by atoms with E-state index in [0.717, 1.165) is 5.69 Å². The maximum Gasteiger partial charge on any atom is 0.267 e. The molecule has 0 fully saturated rings. The number of benzene rings is 2. The van der Waals surface area contributed by atoms with E-state index in [0.29, 0.717) is 16.3 Å². The number of anilines is 2. The zero-order chi connectivity index (χ0) is 13.0. The minimum Gasteiger partial charge on any atom is -0.355 e. The lowest BCUT2D eigenvalue weighted by Crippen LogP contribution is -2.30. The Morgan fingerprint density at radius 3 is 2.50 bits per heavy atom. The number of nitrogens with one attached hydrogen (secondary N) is 2. The zero-order valence-electron chi connectivity index (χ0n) is 9.48. The monoisotopic (exact) mass is 261 g/mol. The third-order valence-electron chi connectivity index (χ3n) is 2.41. The standard InChI is InChI=1S/C13H12ClN3O/c14-9-6-7-11(13(18)17-15)12(8-9)16-10-4-2-1-3-5-10/h1-8,16H,15H2,(H,17,18). The summed E-state index contributed by atoms with van der Waals surface area (Å²) in [5, 5.41) is 3.67. The fourth-order valence-corrected chi connectivity index (χ4v) is 1.74. The summed E-state index contributed by atoms with van der Waals surface area (Å²) in [4.78, 5) is 11.6. The molecular weight excluding hydrogens is 250 g/mol. The van der Waals surface area contributed by atoms with Crippen molar-refractivity contribution in [2.24, 2.45) is 5.84 Å². The van der Waals surface area contributed by atoms with Gasteiger partial charge in [-0.15, -0.1) is 0 Å². The first-order valence-electron chi connectivity index (χ1n) is 5.33. The molecule has 1 amide bonds. The average Bonchev–Trinajstić information content (AvgIpc) is 2.39. The molecule has 5 heteroatoms. The minimum absolute atomic E-state index is 0.370. The molecule has 0 aliphatic carbocycles. The van der Waals surface area contributed by atoms with Gasteiger partial charge in [0.1, 0.15) is 0 Å². The van der Waals surface area contributed by atoms with Gasteiger partial charge in [0.05, 0.1) is 11.3 Å². The molecule has 0 saturated carbocycles. The number of para-hydroxylation sites is 1. The Balaban J connectivity index is 2.36. The van der Waals surface area contributed by atoms with Crippen LogP contribution in [0.25, 0.3) is 0 Å². The van der Waals surface area contributed by atoms with Crippen molar-refractivity contribution >= 4 is 28.9 Å². The average molecular weight is 262 g/mol. The van der Waals surface area contributed by atoms with Crippen molar-refractivity contribution in [3.05, 3.63) is 59.1 Å². The number of nitrogens with two attached hydrogens (primary N) is 1. The van der Waals surface area contributed by atoms with Crippen LogP contribution in [0.4, 0.5) is 11.4 Å². The van der Waals surface area contributed by atoms with Crippen LogP contribution in [0.15, 0.2) is 48.5 Å². The second-order valence-corrected chi connectivity index (χ2v) is 4.09. The van der Waals surface area contributed by atoms with Gasteiger partial charge in [0.2, 0.25) is 0 Å². The number of amides is 1. The van der Waals surface area contributed by atoms with Gasteiger partial charge in [-0.1, -0.05) is 29.8 Å². The first-order valence-corrected chi connectivity index (χ1v) is 5.71.